The number of nitrogens with one attached hydrogen (secondary N) is 1. The van der Waals surface area contributed by atoms with E-state index in [0.717, 1.165) is 19.0 Å². The minimum atomic E-state index is -2.53. The Hall–Kier alpha value is -0.0231. The molecule has 0 bridgehead atoms. The monoisotopic (exact) mass is 323 g/mol. The summed E-state index contributed by atoms with van der Waals surface area (Å²) in [5.41, 5.74) is 0. The molecule has 0 aromatic rings. The molecule has 21 heavy (non-hydrogen) atoms. The molecule has 0 aromatic carbocycles. The molecule has 0 saturated heterocycles. The molecule has 7 heteroatoms. The molecule has 0 aromatic heterocycles. The van der Waals surface area contributed by atoms with Crippen molar-refractivity contribution in [2.75, 3.05) is 39.6 Å². The van der Waals surface area contributed by atoms with E-state index in [1.165, 1.54) is 0 Å². The van der Waals surface area contributed by atoms with Gasteiger partial charge in [-0.25, -0.2) is 0 Å². The second kappa shape index (κ2) is 13.6. The summed E-state index contributed by atoms with van der Waals surface area (Å²) in [6.45, 7) is 13.7. The second-order valence-electron chi connectivity index (χ2n) is 4.28. The second-order valence-corrected chi connectivity index (χ2v) is 7.01. The maximum absolute atomic E-state index is 5.82. The number of hydrogen-bond donors (Lipinski definition) is 1. The zero-order chi connectivity index (χ0) is 16.0. The van der Waals surface area contributed by atoms with Gasteiger partial charge in [-0.05, 0) is 47.6 Å². The Bertz CT molecular complexity index is 210. The molecule has 0 heterocycles. The number of ether oxygens (including phenoxy) is 2. The van der Waals surface area contributed by atoms with E-state index in [1.807, 2.05) is 34.6 Å². The van der Waals surface area contributed by atoms with Gasteiger partial charge in [-0.2, -0.15) is 0 Å². The van der Waals surface area contributed by atoms with E-state index in [1.54, 1.807) is 0 Å². The highest BCUT2D eigenvalue weighted by atomic mass is 28.4. The summed E-state index contributed by atoms with van der Waals surface area (Å²) >= 11 is 0. The highest BCUT2D eigenvalue weighted by molar-refractivity contribution is 6.60. The van der Waals surface area contributed by atoms with E-state index < -0.39 is 8.80 Å². The van der Waals surface area contributed by atoms with Crippen LogP contribution in [0.25, 0.3) is 0 Å². The molecule has 0 aliphatic carbocycles. The largest absolute Gasteiger partial charge is 0.500 e. The van der Waals surface area contributed by atoms with Crippen LogP contribution >= 0.6 is 0 Å². The first-order chi connectivity index (χ1) is 10.2. The maximum atomic E-state index is 5.82. The van der Waals surface area contributed by atoms with Crippen LogP contribution in [-0.4, -0.2) is 54.8 Å². The summed E-state index contributed by atoms with van der Waals surface area (Å²) in [5, 5.41) is 3.23. The van der Waals surface area contributed by atoms with Crippen molar-refractivity contribution in [3.8, 4) is 0 Å². The van der Waals surface area contributed by atoms with Gasteiger partial charge < -0.3 is 22.8 Å². The molecule has 0 rings (SSSR count). The van der Waals surface area contributed by atoms with Gasteiger partial charge in [0.25, 0.3) is 0 Å². The van der Waals surface area contributed by atoms with Gasteiger partial charge in [-0.1, -0.05) is 0 Å². The van der Waals surface area contributed by atoms with E-state index in [-0.39, 0.29) is 6.41 Å². The fourth-order valence-corrected chi connectivity index (χ4v) is 4.61. The molecule has 0 aliphatic rings. The average Bonchev–Trinajstić information content (AvgIpc) is 2.45. The van der Waals surface area contributed by atoms with Gasteiger partial charge in [0.1, 0.15) is 0 Å². The van der Waals surface area contributed by atoms with Crippen LogP contribution in [0.2, 0.25) is 6.04 Å². The Morgan fingerprint density at radius 1 is 0.762 bits per heavy atom. The molecule has 0 fully saturated rings. The molecule has 0 radical (unpaired) electrons. The Kier molecular flexibility index (Phi) is 13.6. The predicted molar refractivity (Wildman–Crippen MR) is 85.1 cm³/mol. The van der Waals surface area contributed by atoms with Crippen LogP contribution in [0.5, 0.6) is 0 Å². The Labute approximate surface area is 130 Å². The Morgan fingerprint density at radius 3 is 1.62 bits per heavy atom. The lowest BCUT2D eigenvalue weighted by Gasteiger charge is -2.28. The third-order valence-corrected chi connectivity index (χ3v) is 5.85. The minimum absolute atomic E-state index is 0.345. The Morgan fingerprint density at radius 2 is 1.24 bits per heavy atom. The van der Waals surface area contributed by atoms with Crippen molar-refractivity contribution in [2.45, 2.75) is 53.5 Å². The maximum Gasteiger partial charge on any atom is 0.500 e. The third kappa shape index (κ3) is 9.57. The highest BCUT2D eigenvalue weighted by Gasteiger charge is 2.39. The zero-order valence-corrected chi connectivity index (χ0v) is 15.3. The molecule has 128 valence electrons. The first-order valence-electron chi connectivity index (χ1n) is 8.06. The molecule has 1 N–H and O–H groups in total. The van der Waals surface area contributed by atoms with E-state index >= 15 is 0 Å². The quantitative estimate of drug-likeness (QED) is 0.284. The van der Waals surface area contributed by atoms with Crippen molar-refractivity contribution in [2.24, 2.45) is 0 Å². The fraction of sp³-hybridized carbons (Fsp3) is 1.00. The van der Waals surface area contributed by atoms with Crippen molar-refractivity contribution in [3.63, 3.8) is 0 Å². The van der Waals surface area contributed by atoms with Gasteiger partial charge in [0.15, 0.2) is 0 Å². The summed E-state index contributed by atoms with van der Waals surface area (Å²) in [6.07, 6.45) is 0.547. The number of hydrogen-bond acceptors (Lipinski definition) is 6. The van der Waals surface area contributed by atoms with Crippen molar-refractivity contribution < 1.29 is 22.8 Å². The molecular formula is C14H33NO5Si. The van der Waals surface area contributed by atoms with Crippen LogP contribution in [0.4, 0.5) is 0 Å². The SMILES string of the molecule is CCOC(NCCC[Si](OCC)(OCC)OCC)OCC. The zero-order valence-electron chi connectivity index (χ0n) is 14.3. The van der Waals surface area contributed by atoms with E-state index in [9.17, 15) is 0 Å². The summed E-state index contributed by atoms with van der Waals surface area (Å²) in [6, 6.07) is 0.792. The van der Waals surface area contributed by atoms with Gasteiger partial charge in [0.2, 0.25) is 6.41 Å². The predicted octanol–water partition coefficient (Wildman–Crippen LogP) is 2.37. The van der Waals surface area contributed by atoms with E-state index in [0.29, 0.717) is 33.0 Å². The first-order valence-corrected chi connectivity index (χ1v) is 9.99. The van der Waals surface area contributed by atoms with Crippen LogP contribution in [0.15, 0.2) is 0 Å². The van der Waals surface area contributed by atoms with Gasteiger partial charge in [-0.3, -0.25) is 5.32 Å². The normalized spacial score (nSPS) is 12.3. The van der Waals surface area contributed by atoms with Crippen LogP contribution < -0.4 is 5.32 Å². The standard InChI is InChI=1S/C14H33NO5Si/c1-6-16-14(17-7-2)15-12-11-13-21(18-8-3,19-9-4)20-10-5/h14-15H,6-13H2,1-5H3. The molecule has 0 saturated carbocycles. The van der Waals surface area contributed by atoms with Crippen LogP contribution in [0.3, 0.4) is 0 Å². The first kappa shape index (κ1) is 21.0. The van der Waals surface area contributed by atoms with Gasteiger partial charge >= 0.3 is 8.80 Å². The molecule has 0 spiro atoms. The Balaban J connectivity index is 4.21. The van der Waals surface area contributed by atoms with Crippen molar-refractivity contribution in [3.05, 3.63) is 0 Å². The third-order valence-electron chi connectivity index (χ3n) is 2.70. The van der Waals surface area contributed by atoms with Gasteiger partial charge in [0, 0.05) is 39.1 Å². The lowest BCUT2D eigenvalue weighted by atomic mass is 10.5. The van der Waals surface area contributed by atoms with Crippen LogP contribution in [0, 0.1) is 0 Å². The molecular weight excluding hydrogens is 290 g/mol. The minimum Gasteiger partial charge on any atom is -0.374 e. The molecule has 0 amide bonds. The average molecular weight is 324 g/mol. The summed E-state index contributed by atoms with van der Waals surface area (Å²) in [4.78, 5) is 0. The molecule has 0 aliphatic heterocycles. The number of rotatable bonds is 15. The van der Waals surface area contributed by atoms with E-state index in [4.69, 9.17) is 22.8 Å². The topological polar surface area (TPSA) is 58.2 Å². The molecule has 0 unspecified atom stereocenters. The molecule has 6 nitrogen and oxygen atoms in total. The van der Waals surface area contributed by atoms with Crippen molar-refractivity contribution in [1.82, 2.24) is 5.32 Å². The summed E-state index contributed by atoms with van der Waals surface area (Å²) in [7, 11) is -2.53. The lowest BCUT2D eigenvalue weighted by Crippen LogP contribution is -2.46. The molecule has 0 atom stereocenters. The summed E-state index contributed by atoms with van der Waals surface area (Å²) < 4.78 is 28.3. The lowest BCUT2D eigenvalue weighted by molar-refractivity contribution is -0.154. The smallest absolute Gasteiger partial charge is 0.374 e. The fourth-order valence-electron chi connectivity index (χ4n) is 1.99. The van der Waals surface area contributed by atoms with Gasteiger partial charge in [0.05, 0.1) is 0 Å². The van der Waals surface area contributed by atoms with Crippen molar-refractivity contribution >= 4 is 8.80 Å². The van der Waals surface area contributed by atoms with Crippen molar-refractivity contribution in [1.29, 1.82) is 0 Å². The van der Waals surface area contributed by atoms with Crippen LogP contribution in [0.1, 0.15) is 41.0 Å². The van der Waals surface area contributed by atoms with Gasteiger partial charge in [-0.15, -0.1) is 0 Å². The highest BCUT2D eigenvalue weighted by Crippen LogP contribution is 2.17. The van der Waals surface area contributed by atoms with E-state index in [2.05, 4.69) is 5.32 Å². The summed E-state index contributed by atoms with van der Waals surface area (Å²) in [5.74, 6) is 0. The van der Waals surface area contributed by atoms with Crippen LogP contribution in [-0.2, 0) is 22.8 Å².